The van der Waals surface area contributed by atoms with Gasteiger partial charge in [-0.3, -0.25) is 24.6 Å². The Morgan fingerprint density at radius 1 is 1.42 bits per heavy atom. The van der Waals surface area contributed by atoms with Crippen LogP contribution in [0.1, 0.15) is 12.8 Å². The highest BCUT2D eigenvalue weighted by Crippen LogP contribution is 2.14. The standard InChI is InChI=1S/C14H18N2O3/c1-4-10(11(5-2)9-17)8-16(3)12-6-7-13(18)15-14(12)19/h4-5,9,12H,1-2,6-8H2,3H3,(H,15,18,19)/b11-10-. The van der Waals surface area contributed by atoms with Gasteiger partial charge in [0.15, 0.2) is 0 Å². The van der Waals surface area contributed by atoms with Gasteiger partial charge in [0.05, 0.1) is 6.04 Å². The number of allylic oxidation sites excluding steroid dienone is 2. The first-order valence-corrected chi connectivity index (χ1v) is 6.00. The Morgan fingerprint density at radius 2 is 2.11 bits per heavy atom. The number of carbonyl (C=O) groups is 3. The summed E-state index contributed by atoms with van der Waals surface area (Å²) in [6.07, 6.45) is 4.56. The van der Waals surface area contributed by atoms with Gasteiger partial charge in [-0.2, -0.15) is 0 Å². The molecule has 1 N–H and O–H groups in total. The van der Waals surface area contributed by atoms with Gasteiger partial charge >= 0.3 is 0 Å². The topological polar surface area (TPSA) is 66.5 Å². The molecule has 0 saturated carbocycles. The first kappa shape index (κ1) is 15.0. The number of carbonyl (C=O) groups excluding carboxylic acids is 3. The summed E-state index contributed by atoms with van der Waals surface area (Å²) in [7, 11) is 1.77. The van der Waals surface area contributed by atoms with Crippen molar-refractivity contribution in [3.63, 3.8) is 0 Å². The third-order valence-corrected chi connectivity index (χ3v) is 3.13. The van der Waals surface area contributed by atoms with Crippen LogP contribution >= 0.6 is 0 Å². The summed E-state index contributed by atoms with van der Waals surface area (Å²) in [6.45, 7) is 7.63. The molecule has 0 aromatic carbocycles. The molecule has 5 heteroatoms. The number of amides is 2. The van der Waals surface area contributed by atoms with Crippen LogP contribution in [0.2, 0.25) is 0 Å². The minimum atomic E-state index is -0.370. The van der Waals surface area contributed by atoms with Gasteiger partial charge in [0.1, 0.15) is 6.29 Å². The summed E-state index contributed by atoms with van der Waals surface area (Å²) in [6, 6.07) is -0.370. The Morgan fingerprint density at radius 3 is 2.58 bits per heavy atom. The molecule has 0 spiro atoms. The predicted molar refractivity (Wildman–Crippen MR) is 72.3 cm³/mol. The van der Waals surface area contributed by atoms with Gasteiger partial charge in [0.2, 0.25) is 11.8 Å². The second-order valence-corrected chi connectivity index (χ2v) is 4.39. The first-order chi connectivity index (χ1) is 9.03. The lowest BCUT2D eigenvalue weighted by Crippen LogP contribution is -2.51. The second kappa shape index (κ2) is 6.80. The molecule has 0 aromatic rings. The minimum Gasteiger partial charge on any atom is -0.298 e. The van der Waals surface area contributed by atoms with E-state index in [9.17, 15) is 14.4 Å². The van der Waals surface area contributed by atoms with Crippen molar-refractivity contribution >= 4 is 18.1 Å². The molecule has 1 heterocycles. The van der Waals surface area contributed by atoms with Crippen LogP contribution in [-0.2, 0) is 14.4 Å². The van der Waals surface area contributed by atoms with E-state index in [4.69, 9.17) is 0 Å². The summed E-state index contributed by atoms with van der Waals surface area (Å²) in [5.74, 6) is -0.540. The molecule has 0 aliphatic carbocycles. The molecule has 1 aliphatic heterocycles. The van der Waals surface area contributed by atoms with E-state index < -0.39 is 0 Å². The van der Waals surface area contributed by atoms with Crippen LogP contribution in [0, 0.1) is 0 Å². The zero-order chi connectivity index (χ0) is 14.4. The quantitative estimate of drug-likeness (QED) is 0.329. The van der Waals surface area contributed by atoms with Crippen molar-refractivity contribution in [3.8, 4) is 0 Å². The maximum absolute atomic E-state index is 11.7. The third kappa shape index (κ3) is 3.72. The molecule has 1 atom stereocenters. The van der Waals surface area contributed by atoms with Crippen molar-refractivity contribution in [1.82, 2.24) is 10.2 Å². The number of aldehydes is 1. The SMILES string of the molecule is C=C/C(C=O)=C(\C=C)CN(C)C1CCC(=O)NC1=O. The number of likely N-dealkylation sites (N-methyl/N-ethyl adjacent to an activating group) is 1. The zero-order valence-electron chi connectivity index (χ0n) is 11.0. The Hall–Kier alpha value is -2.01. The van der Waals surface area contributed by atoms with Crippen LogP contribution in [0.15, 0.2) is 36.5 Å². The van der Waals surface area contributed by atoms with Crippen LogP contribution < -0.4 is 5.32 Å². The molecule has 102 valence electrons. The Labute approximate surface area is 112 Å². The Kier molecular flexibility index (Phi) is 5.38. The summed E-state index contributed by atoms with van der Waals surface area (Å²) < 4.78 is 0. The average molecular weight is 262 g/mol. The number of nitrogens with one attached hydrogen (secondary N) is 1. The molecular formula is C14H18N2O3. The Balaban J connectivity index is 2.81. The van der Waals surface area contributed by atoms with Crippen LogP contribution in [0.4, 0.5) is 0 Å². The second-order valence-electron chi connectivity index (χ2n) is 4.39. The van der Waals surface area contributed by atoms with E-state index in [1.807, 2.05) is 0 Å². The maximum atomic E-state index is 11.7. The highest BCUT2D eigenvalue weighted by Gasteiger charge is 2.29. The third-order valence-electron chi connectivity index (χ3n) is 3.13. The van der Waals surface area contributed by atoms with Crippen molar-refractivity contribution in [2.75, 3.05) is 13.6 Å². The smallest absolute Gasteiger partial charge is 0.243 e. The van der Waals surface area contributed by atoms with Crippen LogP contribution in [0.5, 0.6) is 0 Å². The van der Waals surface area contributed by atoms with E-state index in [0.717, 1.165) is 0 Å². The molecule has 19 heavy (non-hydrogen) atoms. The molecule has 1 unspecified atom stereocenters. The number of imide groups is 1. The first-order valence-electron chi connectivity index (χ1n) is 6.00. The molecule has 0 radical (unpaired) electrons. The number of piperidine rings is 1. The number of hydrogen-bond acceptors (Lipinski definition) is 4. The van der Waals surface area contributed by atoms with Crippen molar-refractivity contribution in [2.45, 2.75) is 18.9 Å². The summed E-state index contributed by atoms with van der Waals surface area (Å²) >= 11 is 0. The molecule has 1 aliphatic rings. The lowest BCUT2D eigenvalue weighted by Gasteiger charge is -2.30. The molecule has 5 nitrogen and oxygen atoms in total. The molecular weight excluding hydrogens is 244 g/mol. The monoisotopic (exact) mass is 262 g/mol. The fraction of sp³-hybridized carbons (Fsp3) is 0.357. The lowest BCUT2D eigenvalue weighted by molar-refractivity contribution is -0.137. The number of nitrogens with zero attached hydrogens (tertiary/aromatic N) is 1. The number of hydrogen-bond donors (Lipinski definition) is 1. The molecule has 2 amide bonds. The maximum Gasteiger partial charge on any atom is 0.243 e. The van der Waals surface area contributed by atoms with E-state index in [0.29, 0.717) is 36.8 Å². The number of rotatable bonds is 6. The summed E-state index contributed by atoms with van der Waals surface area (Å²) in [4.78, 5) is 35.5. The van der Waals surface area contributed by atoms with Gasteiger partial charge in [-0.15, -0.1) is 0 Å². The van der Waals surface area contributed by atoms with Crippen LogP contribution in [-0.4, -0.2) is 42.6 Å². The normalized spacial score (nSPS) is 20.6. The van der Waals surface area contributed by atoms with Gasteiger partial charge in [0, 0.05) is 18.5 Å². The van der Waals surface area contributed by atoms with Crippen molar-refractivity contribution in [3.05, 3.63) is 36.5 Å². The predicted octanol–water partition coefficient (Wildman–Crippen LogP) is 0.591. The van der Waals surface area contributed by atoms with E-state index in [2.05, 4.69) is 18.5 Å². The molecule has 0 bridgehead atoms. The molecule has 1 fully saturated rings. The fourth-order valence-electron chi connectivity index (χ4n) is 2.01. The molecule has 1 saturated heterocycles. The summed E-state index contributed by atoms with van der Waals surface area (Å²) in [5.41, 5.74) is 1.16. The van der Waals surface area contributed by atoms with Gasteiger partial charge < -0.3 is 0 Å². The van der Waals surface area contributed by atoms with Crippen molar-refractivity contribution < 1.29 is 14.4 Å². The summed E-state index contributed by atoms with van der Waals surface area (Å²) in [5, 5.41) is 2.31. The fourth-order valence-corrected chi connectivity index (χ4v) is 2.01. The van der Waals surface area contributed by atoms with E-state index in [-0.39, 0.29) is 17.9 Å². The van der Waals surface area contributed by atoms with Crippen molar-refractivity contribution in [1.29, 1.82) is 0 Å². The van der Waals surface area contributed by atoms with E-state index in [1.54, 1.807) is 18.0 Å². The van der Waals surface area contributed by atoms with Gasteiger partial charge in [0.25, 0.3) is 0 Å². The molecule has 1 rings (SSSR count). The van der Waals surface area contributed by atoms with Crippen LogP contribution in [0.25, 0.3) is 0 Å². The van der Waals surface area contributed by atoms with E-state index >= 15 is 0 Å². The minimum absolute atomic E-state index is 0.242. The Bertz CT molecular complexity index is 442. The van der Waals surface area contributed by atoms with Gasteiger partial charge in [-0.1, -0.05) is 25.3 Å². The van der Waals surface area contributed by atoms with Crippen LogP contribution in [0.3, 0.4) is 0 Å². The van der Waals surface area contributed by atoms with Crippen molar-refractivity contribution in [2.24, 2.45) is 0 Å². The molecule has 0 aromatic heterocycles. The van der Waals surface area contributed by atoms with Gasteiger partial charge in [-0.05, 0) is 19.0 Å². The van der Waals surface area contributed by atoms with E-state index in [1.165, 1.54) is 6.08 Å². The average Bonchev–Trinajstić information content (AvgIpc) is 2.38. The van der Waals surface area contributed by atoms with Gasteiger partial charge in [-0.25, -0.2) is 0 Å². The zero-order valence-corrected chi connectivity index (χ0v) is 11.0. The highest BCUT2D eigenvalue weighted by molar-refractivity contribution is 6.00. The largest absolute Gasteiger partial charge is 0.298 e. The lowest BCUT2D eigenvalue weighted by atomic mass is 10.0. The highest BCUT2D eigenvalue weighted by atomic mass is 16.2.